The first kappa shape index (κ1) is 16.7. The van der Waals surface area contributed by atoms with E-state index in [4.69, 9.17) is 4.74 Å². The minimum Gasteiger partial charge on any atom is -0.465 e. The number of ether oxygens (including phenoxy) is 1. The summed E-state index contributed by atoms with van der Waals surface area (Å²) in [7, 11) is 2.99. The van der Waals surface area contributed by atoms with Crippen molar-refractivity contribution in [2.75, 3.05) is 12.4 Å². The number of hydrogen-bond acceptors (Lipinski definition) is 7. The SMILES string of the molecule is CCOC(=O)CSc1nc(C2CC2)nc2c1c(=O)n(C)c(=O)n2C. The standard InChI is InChI=1S/C15H18N4O4S/c1-4-23-9(20)7-24-13-10-12(16-11(17-13)8-5-6-8)18(2)15(22)19(3)14(10)21/h8H,4-7H2,1-3H3. The molecular weight excluding hydrogens is 332 g/mol. The molecular formula is C15H18N4O4S. The topological polar surface area (TPSA) is 96.1 Å². The third-order valence-corrected chi connectivity index (χ3v) is 4.81. The Morgan fingerprint density at radius 1 is 1.25 bits per heavy atom. The Morgan fingerprint density at radius 3 is 2.58 bits per heavy atom. The van der Waals surface area contributed by atoms with Crippen LogP contribution in [0.15, 0.2) is 14.6 Å². The number of esters is 1. The smallest absolute Gasteiger partial charge is 0.332 e. The van der Waals surface area contributed by atoms with E-state index in [1.807, 2.05) is 0 Å². The van der Waals surface area contributed by atoms with E-state index in [9.17, 15) is 14.4 Å². The lowest BCUT2D eigenvalue weighted by Crippen LogP contribution is -2.37. The van der Waals surface area contributed by atoms with Gasteiger partial charge >= 0.3 is 11.7 Å². The Hall–Kier alpha value is -2.16. The molecule has 0 aromatic carbocycles. The van der Waals surface area contributed by atoms with Crippen molar-refractivity contribution >= 4 is 28.8 Å². The molecule has 9 heteroatoms. The second-order valence-corrected chi connectivity index (χ2v) is 6.62. The molecule has 2 aromatic rings. The summed E-state index contributed by atoms with van der Waals surface area (Å²) in [6.07, 6.45) is 1.98. The Morgan fingerprint density at radius 2 is 1.96 bits per heavy atom. The van der Waals surface area contributed by atoms with Gasteiger partial charge in [-0.3, -0.25) is 18.7 Å². The van der Waals surface area contributed by atoms with E-state index in [0.717, 1.165) is 29.2 Å². The van der Waals surface area contributed by atoms with Crippen molar-refractivity contribution in [2.45, 2.75) is 30.7 Å². The summed E-state index contributed by atoms with van der Waals surface area (Å²) < 4.78 is 7.29. The molecule has 8 nitrogen and oxygen atoms in total. The van der Waals surface area contributed by atoms with Gasteiger partial charge in [0.1, 0.15) is 16.2 Å². The molecule has 1 aliphatic carbocycles. The van der Waals surface area contributed by atoms with E-state index in [1.165, 1.54) is 11.6 Å². The third-order valence-electron chi connectivity index (χ3n) is 3.86. The molecule has 1 saturated carbocycles. The van der Waals surface area contributed by atoms with Crippen LogP contribution in [0.1, 0.15) is 31.5 Å². The van der Waals surface area contributed by atoms with Crippen molar-refractivity contribution in [1.82, 2.24) is 19.1 Å². The van der Waals surface area contributed by atoms with Gasteiger partial charge in [0.05, 0.1) is 12.4 Å². The monoisotopic (exact) mass is 350 g/mol. The highest BCUT2D eigenvalue weighted by molar-refractivity contribution is 8.00. The molecule has 2 aromatic heterocycles. The first-order chi connectivity index (χ1) is 11.4. The molecule has 0 bridgehead atoms. The van der Waals surface area contributed by atoms with Crippen LogP contribution in [0, 0.1) is 0 Å². The first-order valence-electron chi connectivity index (χ1n) is 7.70. The number of rotatable bonds is 5. The average molecular weight is 350 g/mol. The number of aromatic nitrogens is 4. The Labute approximate surface area is 141 Å². The molecule has 128 valence electrons. The summed E-state index contributed by atoms with van der Waals surface area (Å²) in [4.78, 5) is 45.2. The van der Waals surface area contributed by atoms with Gasteiger partial charge in [0.25, 0.3) is 5.56 Å². The van der Waals surface area contributed by atoms with E-state index < -0.39 is 11.2 Å². The molecule has 0 spiro atoms. The van der Waals surface area contributed by atoms with Crippen LogP contribution in [-0.2, 0) is 23.6 Å². The Balaban J connectivity index is 2.16. The van der Waals surface area contributed by atoms with E-state index in [1.54, 1.807) is 14.0 Å². The zero-order chi connectivity index (χ0) is 17.4. The van der Waals surface area contributed by atoms with Gasteiger partial charge < -0.3 is 4.74 Å². The van der Waals surface area contributed by atoms with Crippen LogP contribution < -0.4 is 11.2 Å². The molecule has 3 rings (SSSR count). The number of carbonyl (C=O) groups is 1. The fraction of sp³-hybridized carbons (Fsp3) is 0.533. The largest absolute Gasteiger partial charge is 0.465 e. The lowest BCUT2D eigenvalue weighted by Gasteiger charge is -2.11. The minimum atomic E-state index is -0.457. The zero-order valence-electron chi connectivity index (χ0n) is 13.7. The van der Waals surface area contributed by atoms with E-state index in [0.29, 0.717) is 23.1 Å². The van der Waals surface area contributed by atoms with E-state index >= 15 is 0 Å². The van der Waals surface area contributed by atoms with Crippen molar-refractivity contribution < 1.29 is 9.53 Å². The molecule has 0 aliphatic heterocycles. The average Bonchev–Trinajstić information content (AvgIpc) is 3.40. The predicted octanol–water partition coefficient (Wildman–Crippen LogP) is 0.560. The van der Waals surface area contributed by atoms with Gasteiger partial charge in [-0.2, -0.15) is 0 Å². The van der Waals surface area contributed by atoms with Gasteiger partial charge in [-0.15, -0.1) is 0 Å². The summed E-state index contributed by atoms with van der Waals surface area (Å²) in [6, 6.07) is 0. The maximum atomic E-state index is 12.5. The fourth-order valence-electron chi connectivity index (χ4n) is 2.40. The lowest BCUT2D eigenvalue weighted by molar-refractivity contribution is -0.139. The quantitative estimate of drug-likeness (QED) is 0.441. The number of thioether (sulfide) groups is 1. The van der Waals surface area contributed by atoms with Crippen LogP contribution >= 0.6 is 11.8 Å². The molecule has 1 fully saturated rings. The predicted molar refractivity (Wildman–Crippen MR) is 89.4 cm³/mol. The maximum Gasteiger partial charge on any atom is 0.332 e. The van der Waals surface area contributed by atoms with Crippen LogP contribution in [0.2, 0.25) is 0 Å². The van der Waals surface area contributed by atoms with Crippen LogP contribution in [0.25, 0.3) is 11.0 Å². The van der Waals surface area contributed by atoms with Crippen LogP contribution in [0.5, 0.6) is 0 Å². The summed E-state index contributed by atoms with van der Waals surface area (Å²) >= 11 is 1.14. The fourth-order valence-corrected chi connectivity index (χ4v) is 3.22. The summed E-state index contributed by atoms with van der Waals surface area (Å²) in [6.45, 7) is 2.03. The number of fused-ring (bicyclic) bond motifs is 1. The number of hydrogen-bond donors (Lipinski definition) is 0. The molecule has 0 amide bonds. The van der Waals surface area contributed by atoms with Gasteiger partial charge in [-0.1, -0.05) is 11.8 Å². The van der Waals surface area contributed by atoms with Gasteiger partial charge in [-0.05, 0) is 19.8 Å². The number of carbonyl (C=O) groups excluding carboxylic acids is 1. The lowest BCUT2D eigenvalue weighted by atomic mass is 10.3. The molecule has 0 atom stereocenters. The molecule has 0 saturated heterocycles. The Kier molecular flexibility index (Phi) is 4.44. The summed E-state index contributed by atoms with van der Waals surface area (Å²) in [5, 5.41) is 0.685. The second-order valence-electron chi connectivity index (χ2n) is 5.66. The van der Waals surface area contributed by atoms with Crippen molar-refractivity contribution in [3.63, 3.8) is 0 Å². The highest BCUT2D eigenvalue weighted by Crippen LogP contribution is 2.39. The molecule has 0 radical (unpaired) electrons. The molecule has 0 unspecified atom stereocenters. The van der Waals surface area contributed by atoms with E-state index in [2.05, 4.69) is 9.97 Å². The molecule has 0 N–H and O–H groups in total. The van der Waals surface area contributed by atoms with Crippen molar-refractivity contribution in [2.24, 2.45) is 14.1 Å². The molecule has 2 heterocycles. The van der Waals surface area contributed by atoms with Gasteiger partial charge in [0.2, 0.25) is 0 Å². The highest BCUT2D eigenvalue weighted by Gasteiger charge is 2.29. The third kappa shape index (κ3) is 2.95. The first-order valence-corrected chi connectivity index (χ1v) is 8.68. The molecule has 1 aliphatic rings. The van der Waals surface area contributed by atoms with Gasteiger partial charge in [-0.25, -0.2) is 14.8 Å². The summed E-state index contributed by atoms with van der Waals surface area (Å²) in [5.74, 6) is 0.562. The zero-order valence-corrected chi connectivity index (χ0v) is 14.6. The Bertz CT molecular complexity index is 930. The second kappa shape index (κ2) is 6.39. The maximum absolute atomic E-state index is 12.5. The van der Waals surface area contributed by atoms with Crippen molar-refractivity contribution in [3.05, 3.63) is 26.7 Å². The van der Waals surface area contributed by atoms with Gasteiger partial charge in [0.15, 0.2) is 5.65 Å². The number of nitrogens with zero attached hydrogens (tertiary/aromatic N) is 4. The van der Waals surface area contributed by atoms with Crippen LogP contribution in [-0.4, -0.2) is 37.4 Å². The summed E-state index contributed by atoms with van der Waals surface area (Å²) in [5.41, 5.74) is -0.581. The number of aryl methyl sites for hydroxylation is 1. The van der Waals surface area contributed by atoms with E-state index in [-0.39, 0.29) is 23.0 Å². The van der Waals surface area contributed by atoms with Gasteiger partial charge in [0, 0.05) is 20.0 Å². The normalized spacial score (nSPS) is 14.1. The minimum absolute atomic E-state index is 0.0516. The highest BCUT2D eigenvalue weighted by atomic mass is 32.2. The van der Waals surface area contributed by atoms with Crippen molar-refractivity contribution in [3.8, 4) is 0 Å². The van der Waals surface area contributed by atoms with Crippen LogP contribution in [0.4, 0.5) is 0 Å². The van der Waals surface area contributed by atoms with Crippen molar-refractivity contribution in [1.29, 1.82) is 0 Å². The van der Waals surface area contributed by atoms with Crippen LogP contribution in [0.3, 0.4) is 0 Å². The molecule has 24 heavy (non-hydrogen) atoms.